The molecule has 1 aliphatic rings. The van der Waals surface area contributed by atoms with Crippen LogP contribution < -0.4 is 5.69 Å². The highest BCUT2D eigenvalue weighted by Crippen LogP contribution is 2.20. The molecule has 3 aromatic rings. The summed E-state index contributed by atoms with van der Waals surface area (Å²) in [5, 5.41) is 4.19. The molecule has 0 aliphatic carbocycles. The lowest BCUT2D eigenvalue weighted by Crippen LogP contribution is -2.28. The first-order chi connectivity index (χ1) is 12.4. The second kappa shape index (κ2) is 6.33. The van der Waals surface area contributed by atoms with Gasteiger partial charge in [-0.3, -0.25) is 0 Å². The van der Waals surface area contributed by atoms with Crippen molar-refractivity contribution >= 4 is 15.7 Å². The topological polar surface area (TPSA) is 76.7 Å². The Morgan fingerprint density at radius 2 is 1.88 bits per heavy atom. The molecule has 1 saturated heterocycles. The summed E-state index contributed by atoms with van der Waals surface area (Å²) in [6.07, 6.45) is 2.99. The maximum Gasteiger partial charge on any atom is 0.350 e. The van der Waals surface area contributed by atoms with E-state index in [0.717, 1.165) is 12.8 Å². The molecule has 0 amide bonds. The minimum Gasteiger partial charge on any atom is -0.249 e. The Kier molecular flexibility index (Phi) is 4.12. The Balaban J connectivity index is 1.73. The van der Waals surface area contributed by atoms with Gasteiger partial charge in [0.2, 0.25) is 10.0 Å². The predicted molar refractivity (Wildman–Crippen MR) is 92.9 cm³/mol. The van der Waals surface area contributed by atoms with Gasteiger partial charge in [-0.05, 0) is 42.7 Å². The molecule has 0 atom stereocenters. The second-order valence-corrected chi connectivity index (χ2v) is 8.21. The first-order valence-electron chi connectivity index (χ1n) is 8.29. The Morgan fingerprint density at radius 3 is 2.62 bits per heavy atom. The fourth-order valence-electron chi connectivity index (χ4n) is 3.14. The summed E-state index contributed by atoms with van der Waals surface area (Å²) >= 11 is 0. The summed E-state index contributed by atoms with van der Waals surface area (Å²) in [6, 6.07) is 8.88. The van der Waals surface area contributed by atoms with Crippen LogP contribution >= 0.6 is 0 Å². The molecule has 2 aromatic heterocycles. The van der Waals surface area contributed by atoms with E-state index in [9.17, 15) is 17.6 Å². The van der Waals surface area contributed by atoms with E-state index in [1.54, 1.807) is 12.1 Å². The van der Waals surface area contributed by atoms with Crippen molar-refractivity contribution in [1.82, 2.24) is 18.5 Å². The first-order valence-corrected chi connectivity index (χ1v) is 9.73. The quantitative estimate of drug-likeness (QED) is 0.691. The van der Waals surface area contributed by atoms with Crippen LogP contribution in [0.3, 0.4) is 0 Å². The molecule has 0 unspecified atom stereocenters. The third-order valence-corrected chi connectivity index (χ3v) is 6.36. The number of hydrogen-bond acceptors (Lipinski definition) is 4. The molecule has 3 heterocycles. The Hall–Kier alpha value is -2.52. The molecule has 4 rings (SSSR count). The van der Waals surface area contributed by atoms with E-state index in [4.69, 9.17) is 0 Å². The lowest BCUT2D eigenvalue weighted by molar-refractivity contribution is 0.477. The van der Waals surface area contributed by atoms with E-state index >= 15 is 0 Å². The van der Waals surface area contributed by atoms with Crippen molar-refractivity contribution in [3.63, 3.8) is 0 Å². The van der Waals surface area contributed by atoms with Gasteiger partial charge in [0.15, 0.2) is 5.65 Å². The molecule has 0 N–H and O–H groups in total. The summed E-state index contributed by atoms with van der Waals surface area (Å²) in [6.45, 7) is 1.09. The van der Waals surface area contributed by atoms with Gasteiger partial charge in [-0.2, -0.15) is 4.31 Å². The molecule has 7 nitrogen and oxygen atoms in total. The molecular formula is C17H17FN4O3S. The van der Waals surface area contributed by atoms with Crippen LogP contribution in [0.15, 0.2) is 52.3 Å². The molecule has 0 bridgehead atoms. The first kappa shape index (κ1) is 16.9. The van der Waals surface area contributed by atoms with Crippen LogP contribution in [-0.4, -0.2) is 40.0 Å². The predicted octanol–water partition coefficient (Wildman–Crippen LogP) is 1.47. The van der Waals surface area contributed by atoms with Crippen LogP contribution in [-0.2, 0) is 16.6 Å². The van der Waals surface area contributed by atoms with Crippen molar-refractivity contribution < 1.29 is 12.8 Å². The summed E-state index contributed by atoms with van der Waals surface area (Å²) in [7, 11) is -3.62. The van der Waals surface area contributed by atoms with E-state index in [1.165, 1.54) is 43.9 Å². The molecule has 26 heavy (non-hydrogen) atoms. The van der Waals surface area contributed by atoms with Crippen molar-refractivity contribution in [1.29, 1.82) is 0 Å². The summed E-state index contributed by atoms with van der Waals surface area (Å²) < 4.78 is 42.5. The molecule has 1 aromatic carbocycles. The average molecular weight is 376 g/mol. The number of halogens is 1. The summed E-state index contributed by atoms with van der Waals surface area (Å²) in [5.74, 6) is -0.390. The fourth-order valence-corrected chi connectivity index (χ4v) is 4.66. The lowest BCUT2D eigenvalue weighted by Gasteiger charge is -2.15. The fraction of sp³-hybridized carbons (Fsp3) is 0.294. The normalized spacial score (nSPS) is 15.7. The number of rotatable bonds is 4. The van der Waals surface area contributed by atoms with Gasteiger partial charge in [0.05, 0.1) is 11.4 Å². The van der Waals surface area contributed by atoms with Crippen LogP contribution in [0.1, 0.15) is 18.4 Å². The molecule has 0 spiro atoms. The Morgan fingerprint density at radius 1 is 1.12 bits per heavy atom. The third kappa shape index (κ3) is 2.93. The van der Waals surface area contributed by atoms with Crippen LogP contribution in [0.5, 0.6) is 0 Å². The van der Waals surface area contributed by atoms with Gasteiger partial charge in [0.1, 0.15) is 5.82 Å². The maximum absolute atomic E-state index is 13.3. The van der Waals surface area contributed by atoms with Gasteiger partial charge in [0, 0.05) is 19.3 Å². The maximum atomic E-state index is 13.3. The number of aromatic nitrogens is 3. The van der Waals surface area contributed by atoms with Gasteiger partial charge in [-0.1, -0.05) is 12.1 Å². The minimum absolute atomic E-state index is 0.0688. The van der Waals surface area contributed by atoms with E-state index in [1.807, 2.05) is 0 Å². The monoisotopic (exact) mass is 376 g/mol. The number of pyridine rings is 1. The SMILES string of the molecule is O=c1n(Cc2cccc(F)c2)nc2ccc(S(=O)(=O)N3CCCC3)cn12. The molecule has 0 saturated carbocycles. The lowest BCUT2D eigenvalue weighted by atomic mass is 10.2. The van der Waals surface area contributed by atoms with E-state index in [2.05, 4.69) is 5.10 Å². The van der Waals surface area contributed by atoms with E-state index < -0.39 is 21.5 Å². The minimum atomic E-state index is -3.62. The average Bonchev–Trinajstić information content (AvgIpc) is 3.25. The number of nitrogens with zero attached hydrogens (tertiary/aromatic N) is 4. The second-order valence-electron chi connectivity index (χ2n) is 6.27. The number of hydrogen-bond donors (Lipinski definition) is 0. The summed E-state index contributed by atoms with van der Waals surface area (Å²) in [4.78, 5) is 12.6. The van der Waals surface area contributed by atoms with Crippen molar-refractivity contribution in [3.05, 3.63) is 64.5 Å². The highest BCUT2D eigenvalue weighted by molar-refractivity contribution is 7.89. The number of sulfonamides is 1. The van der Waals surface area contributed by atoms with Crippen LogP contribution in [0.25, 0.3) is 5.65 Å². The van der Waals surface area contributed by atoms with Crippen molar-refractivity contribution in [2.45, 2.75) is 24.3 Å². The molecular weight excluding hydrogens is 359 g/mol. The van der Waals surface area contributed by atoms with Crippen LogP contribution in [0, 0.1) is 5.82 Å². The number of fused-ring (bicyclic) bond motifs is 1. The molecule has 0 radical (unpaired) electrons. The van der Waals surface area contributed by atoms with Crippen molar-refractivity contribution in [2.75, 3.05) is 13.1 Å². The van der Waals surface area contributed by atoms with Crippen molar-refractivity contribution in [3.8, 4) is 0 Å². The van der Waals surface area contributed by atoms with E-state index in [-0.39, 0.29) is 11.4 Å². The van der Waals surface area contributed by atoms with Crippen LogP contribution in [0.4, 0.5) is 4.39 Å². The third-order valence-electron chi connectivity index (χ3n) is 4.47. The highest BCUT2D eigenvalue weighted by atomic mass is 32.2. The zero-order valence-electron chi connectivity index (χ0n) is 13.9. The standard InChI is InChI=1S/C17H17FN4O3S/c18-14-5-3-4-13(10-14)11-22-17(23)21-12-15(6-7-16(21)19-22)26(24,25)20-8-1-2-9-20/h3-7,10,12H,1-2,8-9,11H2. The zero-order valence-corrected chi connectivity index (χ0v) is 14.7. The molecule has 1 aliphatic heterocycles. The summed E-state index contributed by atoms with van der Waals surface area (Å²) in [5.41, 5.74) is 0.468. The van der Waals surface area contributed by atoms with Gasteiger partial charge < -0.3 is 0 Å². The van der Waals surface area contributed by atoms with Crippen LogP contribution in [0.2, 0.25) is 0 Å². The van der Waals surface area contributed by atoms with Crippen molar-refractivity contribution in [2.24, 2.45) is 0 Å². The Bertz CT molecular complexity index is 1130. The number of benzene rings is 1. The van der Waals surface area contributed by atoms with E-state index in [0.29, 0.717) is 24.3 Å². The molecule has 9 heteroatoms. The van der Waals surface area contributed by atoms with Gasteiger partial charge >= 0.3 is 5.69 Å². The van der Waals surface area contributed by atoms with Gasteiger partial charge in [-0.15, -0.1) is 5.10 Å². The highest BCUT2D eigenvalue weighted by Gasteiger charge is 2.27. The van der Waals surface area contributed by atoms with Gasteiger partial charge in [-0.25, -0.2) is 26.7 Å². The largest absolute Gasteiger partial charge is 0.350 e. The zero-order chi connectivity index (χ0) is 18.3. The Labute approximate surface area is 149 Å². The molecule has 1 fully saturated rings. The van der Waals surface area contributed by atoms with Gasteiger partial charge in [0.25, 0.3) is 0 Å². The molecule has 136 valence electrons. The smallest absolute Gasteiger partial charge is 0.249 e.